The SMILES string of the molecule is CCCC(=O)Nc1cccc(NC(=O)C(C)Oc2ccccc2Cl)c1. The average Bonchev–Trinajstić information content (AvgIpc) is 2.57. The van der Waals surface area contributed by atoms with Crippen LogP contribution >= 0.6 is 11.6 Å². The molecule has 25 heavy (non-hydrogen) atoms. The molecule has 6 heteroatoms. The van der Waals surface area contributed by atoms with Crippen LogP contribution in [0.25, 0.3) is 0 Å². The van der Waals surface area contributed by atoms with Gasteiger partial charge in [0.25, 0.3) is 5.91 Å². The summed E-state index contributed by atoms with van der Waals surface area (Å²) in [5.74, 6) is 0.0887. The number of halogens is 1. The Labute approximate surface area is 152 Å². The molecule has 0 spiro atoms. The second kappa shape index (κ2) is 9.08. The lowest BCUT2D eigenvalue weighted by Crippen LogP contribution is -2.30. The first-order chi connectivity index (χ1) is 12.0. The predicted molar refractivity (Wildman–Crippen MR) is 100 cm³/mol. The van der Waals surface area contributed by atoms with Crippen LogP contribution in [0.2, 0.25) is 5.02 Å². The molecule has 0 heterocycles. The van der Waals surface area contributed by atoms with Gasteiger partial charge in [-0.15, -0.1) is 0 Å². The van der Waals surface area contributed by atoms with E-state index in [1.807, 2.05) is 6.92 Å². The van der Waals surface area contributed by atoms with E-state index in [9.17, 15) is 9.59 Å². The zero-order valence-electron chi connectivity index (χ0n) is 14.2. The number of carbonyl (C=O) groups is 2. The minimum Gasteiger partial charge on any atom is -0.479 e. The van der Waals surface area contributed by atoms with E-state index >= 15 is 0 Å². The highest BCUT2D eigenvalue weighted by atomic mass is 35.5. The Hall–Kier alpha value is -2.53. The van der Waals surface area contributed by atoms with Gasteiger partial charge in [0.15, 0.2) is 6.10 Å². The number of benzene rings is 2. The summed E-state index contributed by atoms with van der Waals surface area (Å²) in [6.45, 7) is 3.59. The van der Waals surface area contributed by atoms with Gasteiger partial charge in [0.2, 0.25) is 5.91 Å². The first-order valence-electron chi connectivity index (χ1n) is 8.11. The first-order valence-corrected chi connectivity index (χ1v) is 8.49. The summed E-state index contributed by atoms with van der Waals surface area (Å²) in [4.78, 5) is 24.0. The topological polar surface area (TPSA) is 67.4 Å². The molecule has 5 nitrogen and oxygen atoms in total. The Morgan fingerprint density at radius 1 is 1.08 bits per heavy atom. The van der Waals surface area contributed by atoms with E-state index < -0.39 is 6.10 Å². The number of hydrogen-bond donors (Lipinski definition) is 2. The van der Waals surface area contributed by atoms with Crippen molar-refractivity contribution in [3.05, 3.63) is 53.6 Å². The van der Waals surface area contributed by atoms with Crippen molar-refractivity contribution in [2.45, 2.75) is 32.8 Å². The molecule has 2 aromatic carbocycles. The van der Waals surface area contributed by atoms with E-state index in [1.54, 1.807) is 55.5 Å². The number of rotatable bonds is 7. The summed E-state index contributed by atoms with van der Waals surface area (Å²) >= 11 is 6.03. The Morgan fingerprint density at radius 2 is 1.76 bits per heavy atom. The molecule has 0 bridgehead atoms. The summed E-state index contributed by atoms with van der Waals surface area (Å²) in [7, 11) is 0. The fourth-order valence-electron chi connectivity index (χ4n) is 2.15. The van der Waals surface area contributed by atoms with Gasteiger partial charge in [0.05, 0.1) is 5.02 Å². The van der Waals surface area contributed by atoms with Crippen molar-refractivity contribution >= 4 is 34.8 Å². The van der Waals surface area contributed by atoms with E-state index in [-0.39, 0.29) is 11.8 Å². The number of para-hydroxylation sites is 1. The molecule has 0 saturated heterocycles. The lowest BCUT2D eigenvalue weighted by atomic mass is 10.2. The molecule has 0 aromatic heterocycles. The molecule has 0 saturated carbocycles. The van der Waals surface area contributed by atoms with Gasteiger partial charge in [0.1, 0.15) is 5.75 Å². The highest BCUT2D eigenvalue weighted by Gasteiger charge is 2.16. The maximum atomic E-state index is 12.3. The summed E-state index contributed by atoms with van der Waals surface area (Å²) in [5, 5.41) is 6.01. The van der Waals surface area contributed by atoms with Crippen molar-refractivity contribution in [3.8, 4) is 5.75 Å². The van der Waals surface area contributed by atoms with Gasteiger partial charge in [-0.2, -0.15) is 0 Å². The van der Waals surface area contributed by atoms with E-state index in [1.165, 1.54) is 0 Å². The summed E-state index contributed by atoms with van der Waals surface area (Å²) in [5.41, 5.74) is 1.21. The fraction of sp³-hybridized carbons (Fsp3) is 0.263. The number of amides is 2. The van der Waals surface area contributed by atoms with Crippen LogP contribution in [0.5, 0.6) is 5.75 Å². The standard InChI is InChI=1S/C19H21ClN2O3/c1-3-7-18(23)21-14-8-6-9-15(12-14)22-19(24)13(2)25-17-11-5-4-10-16(17)20/h4-6,8-13H,3,7H2,1-2H3,(H,21,23)(H,22,24). The van der Waals surface area contributed by atoms with Crippen LogP contribution in [0.3, 0.4) is 0 Å². The lowest BCUT2D eigenvalue weighted by molar-refractivity contribution is -0.122. The molecule has 0 aliphatic rings. The second-order valence-corrected chi connectivity index (χ2v) is 5.97. The molecule has 0 radical (unpaired) electrons. The Morgan fingerprint density at radius 3 is 2.44 bits per heavy atom. The molecule has 1 unspecified atom stereocenters. The zero-order valence-corrected chi connectivity index (χ0v) is 15.0. The van der Waals surface area contributed by atoms with Crippen LogP contribution in [0.1, 0.15) is 26.7 Å². The molecule has 1 atom stereocenters. The number of hydrogen-bond acceptors (Lipinski definition) is 3. The van der Waals surface area contributed by atoms with Crippen LogP contribution in [0.4, 0.5) is 11.4 Å². The highest BCUT2D eigenvalue weighted by Crippen LogP contribution is 2.24. The molecule has 2 amide bonds. The van der Waals surface area contributed by atoms with Crippen molar-refractivity contribution in [1.82, 2.24) is 0 Å². The van der Waals surface area contributed by atoms with Crippen LogP contribution in [-0.2, 0) is 9.59 Å². The normalized spacial score (nSPS) is 11.5. The minimum atomic E-state index is -0.724. The molecule has 0 fully saturated rings. The van der Waals surface area contributed by atoms with Crippen molar-refractivity contribution in [3.63, 3.8) is 0 Å². The largest absolute Gasteiger partial charge is 0.479 e. The maximum absolute atomic E-state index is 12.3. The monoisotopic (exact) mass is 360 g/mol. The average molecular weight is 361 g/mol. The van der Waals surface area contributed by atoms with Gasteiger partial charge in [0, 0.05) is 17.8 Å². The van der Waals surface area contributed by atoms with Gasteiger partial charge in [-0.25, -0.2) is 0 Å². The molecular formula is C19H21ClN2O3. The molecule has 2 aromatic rings. The Balaban J connectivity index is 1.97. The van der Waals surface area contributed by atoms with Gasteiger partial charge < -0.3 is 15.4 Å². The fourth-order valence-corrected chi connectivity index (χ4v) is 2.33. The molecule has 132 valence electrons. The van der Waals surface area contributed by atoms with Crippen LogP contribution in [-0.4, -0.2) is 17.9 Å². The van der Waals surface area contributed by atoms with E-state index in [0.717, 1.165) is 6.42 Å². The van der Waals surface area contributed by atoms with Crippen molar-refractivity contribution in [1.29, 1.82) is 0 Å². The molecule has 2 rings (SSSR count). The zero-order chi connectivity index (χ0) is 18.2. The molecule has 0 aliphatic carbocycles. The second-order valence-electron chi connectivity index (χ2n) is 5.56. The lowest BCUT2D eigenvalue weighted by Gasteiger charge is -2.16. The van der Waals surface area contributed by atoms with Gasteiger partial charge in [-0.1, -0.05) is 36.7 Å². The van der Waals surface area contributed by atoms with E-state index in [0.29, 0.717) is 28.6 Å². The first kappa shape index (κ1) is 18.8. The third kappa shape index (κ3) is 5.80. The Kier molecular flexibility index (Phi) is 6.83. The molecular weight excluding hydrogens is 340 g/mol. The Bertz CT molecular complexity index is 749. The van der Waals surface area contributed by atoms with Gasteiger partial charge in [-0.05, 0) is 43.7 Å². The third-order valence-corrected chi connectivity index (χ3v) is 3.71. The van der Waals surface area contributed by atoms with E-state index in [4.69, 9.17) is 16.3 Å². The number of nitrogens with one attached hydrogen (secondary N) is 2. The van der Waals surface area contributed by atoms with Crippen LogP contribution in [0, 0.1) is 0 Å². The third-order valence-electron chi connectivity index (χ3n) is 3.40. The predicted octanol–water partition coefficient (Wildman–Crippen LogP) is 4.48. The van der Waals surface area contributed by atoms with Crippen molar-refractivity contribution < 1.29 is 14.3 Å². The van der Waals surface area contributed by atoms with E-state index in [2.05, 4.69) is 10.6 Å². The number of ether oxygens (including phenoxy) is 1. The number of carbonyl (C=O) groups excluding carboxylic acids is 2. The smallest absolute Gasteiger partial charge is 0.265 e. The number of anilines is 2. The van der Waals surface area contributed by atoms with Gasteiger partial charge >= 0.3 is 0 Å². The van der Waals surface area contributed by atoms with Crippen molar-refractivity contribution in [2.24, 2.45) is 0 Å². The van der Waals surface area contributed by atoms with Crippen molar-refractivity contribution in [2.75, 3.05) is 10.6 Å². The highest BCUT2D eigenvalue weighted by molar-refractivity contribution is 6.32. The van der Waals surface area contributed by atoms with Crippen LogP contribution < -0.4 is 15.4 Å². The molecule has 0 aliphatic heterocycles. The minimum absolute atomic E-state index is 0.0543. The summed E-state index contributed by atoms with van der Waals surface area (Å²) in [6.07, 6.45) is 0.511. The van der Waals surface area contributed by atoms with Crippen LogP contribution in [0.15, 0.2) is 48.5 Å². The summed E-state index contributed by atoms with van der Waals surface area (Å²) in [6, 6.07) is 14.0. The van der Waals surface area contributed by atoms with Gasteiger partial charge in [-0.3, -0.25) is 9.59 Å². The summed E-state index contributed by atoms with van der Waals surface area (Å²) < 4.78 is 5.59. The maximum Gasteiger partial charge on any atom is 0.265 e. The molecule has 2 N–H and O–H groups in total. The quantitative estimate of drug-likeness (QED) is 0.764.